The van der Waals surface area contributed by atoms with Crippen LogP contribution < -0.4 is 5.73 Å². The van der Waals surface area contributed by atoms with Crippen LogP contribution in [0.1, 0.15) is 12.8 Å². The lowest BCUT2D eigenvalue weighted by Gasteiger charge is -2.31. The van der Waals surface area contributed by atoms with E-state index in [1.54, 1.807) is 0 Å². The van der Waals surface area contributed by atoms with Crippen molar-refractivity contribution in [3.05, 3.63) is 0 Å². The van der Waals surface area contributed by atoms with Crippen molar-refractivity contribution in [2.45, 2.75) is 25.1 Å². The van der Waals surface area contributed by atoms with Crippen LogP contribution in [0.2, 0.25) is 0 Å². The zero-order valence-electron chi connectivity index (χ0n) is 10.5. The highest BCUT2D eigenvalue weighted by Gasteiger charge is 2.33. The Bertz CT molecular complexity index is 452. The summed E-state index contributed by atoms with van der Waals surface area (Å²) in [5.74, 6) is -0.879. The molecule has 1 rings (SSSR count). The molecule has 1 aliphatic rings. The quantitative estimate of drug-likeness (QED) is 0.324. The standard InChI is InChI=1S/C9H16F3N3O4S/c10-9(11,12)2-1-5-20(17,18)15-3-4-19-7(6-15)8(13)14-16/h7,16H,1-6H2,(H2,13,14). The minimum atomic E-state index is -4.38. The lowest BCUT2D eigenvalue weighted by molar-refractivity contribution is -0.134. The number of amidine groups is 1. The number of oxime groups is 1. The Balaban J connectivity index is 2.59. The van der Waals surface area contributed by atoms with E-state index in [4.69, 9.17) is 15.7 Å². The third-order valence-electron chi connectivity index (χ3n) is 2.73. The van der Waals surface area contributed by atoms with E-state index in [9.17, 15) is 21.6 Å². The fourth-order valence-corrected chi connectivity index (χ4v) is 3.19. The number of nitrogens with two attached hydrogens (primary N) is 1. The maximum absolute atomic E-state index is 12.0. The maximum atomic E-state index is 12.0. The van der Waals surface area contributed by atoms with Gasteiger partial charge in [0.1, 0.15) is 6.10 Å². The highest BCUT2D eigenvalue weighted by Crippen LogP contribution is 2.22. The van der Waals surface area contributed by atoms with Gasteiger partial charge in [0.05, 0.1) is 12.4 Å². The normalized spacial score (nSPS) is 22.9. The Morgan fingerprint density at radius 3 is 2.70 bits per heavy atom. The molecule has 1 fully saturated rings. The summed E-state index contributed by atoms with van der Waals surface area (Å²) in [6.45, 7) is -0.118. The van der Waals surface area contributed by atoms with Crippen LogP contribution in [0.25, 0.3) is 0 Å². The lowest BCUT2D eigenvalue weighted by Crippen LogP contribution is -2.51. The largest absolute Gasteiger partial charge is 0.409 e. The predicted molar refractivity (Wildman–Crippen MR) is 63.8 cm³/mol. The molecule has 0 aromatic carbocycles. The molecule has 1 heterocycles. The van der Waals surface area contributed by atoms with Gasteiger partial charge in [0.25, 0.3) is 0 Å². The number of hydrogen-bond donors (Lipinski definition) is 2. The van der Waals surface area contributed by atoms with Gasteiger partial charge in [-0.3, -0.25) is 0 Å². The summed E-state index contributed by atoms with van der Waals surface area (Å²) in [6, 6.07) is 0. The van der Waals surface area contributed by atoms with Gasteiger partial charge in [0, 0.05) is 19.5 Å². The molecule has 0 aromatic heterocycles. The Morgan fingerprint density at radius 1 is 1.50 bits per heavy atom. The second-order valence-corrected chi connectivity index (χ2v) is 6.37. The van der Waals surface area contributed by atoms with Crippen molar-refractivity contribution < 1.29 is 31.5 Å². The van der Waals surface area contributed by atoms with Crippen molar-refractivity contribution in [1.29, 1.82) is 0 Å². The summed E-state index contributed by atoms with van der Waals surface area (Å²) in [6.07, 6.45) is -6.93. The summed E-state index contributed by atoms with van der Waals surface area (Å²) >= 11 is 0. The van der Waals surface area contributed by atoms with Crippen LogP contribution in [0, 0.1) is 0 Å². The average molecular weight is 319 g/mol. The molecule has 3 N–H and O–H groups in total. The van der Waals surface area contributed by atoms with Crippen molar-refractivity contribution >= 4 is 15.9 Å². The minimum Gasteiger partial charge on any atom is -0.409 e. The fourth-order valence-electron chi connectivity index (χ4n) is 1.71. The molecular weight excluding hydrogens is 303 g/mol. The van der Waals surface area contributed by atoms with Crippen LogP contribution in [0.3, 0.4) is 0 Å². The van der Waals surface area contributed by atoms with Crippen LogP contribution in [-0.2, 0) is 14.8 Å². The number of halogens is 3. The molecule has 1 aliphatic heterocycles. The molecule has 0 spiro atoms. The molecule has 11 heteroatoms. The number of morpholine rings is 1. The van der Waals surface area contributed by atoms with Crippen LogP contribution >= 0.6 is 0 Å². The molecule has 7 nitrogen and oxygen atoms in total. The highest BCUT2D eigenvalue weighted by atomic mass is 32.2. The third kappa shape index (κ3) is 5.13. The Kier molecular flexibility index (Phi) is 5.59. The average Bonchev–Trinajstić information content (AvgIpc) is 2.36. The van der Waals surface area contributed by atoms with E-state index in [2.05, 4.69) is 5.16 Å². The van der Waals surface area contributed by atoms with Crippen LogP contribution in [0.4, 0.5) is 13.2 Å². The SMILES string of the molecule is NC(=NO)C1CN(S(=O)(=O)CCCC(F)(F)F)CCO1. The van der Waals surface area contributed by atoms with Crippen molar-refractivity contribution in [3.8, 4) is 0 Å². The molecule has 0 amide bonds. The topological polar surface area (TPSA) is 105 Å². The van der Waals surface area contributed by atoms with Gasteiger partial charge < -0.3 is 15.7 Å². The molecule has 0 radical (unpaired) electrons. The van der Waals surface area contributed by atoms with E-state index in [1.165, 1.54) is 0 Å². The van der Waals surface area contributed by atoms with Crippen molar-refractivity contribution in [3.63, 3.8) is 0 Å². The first-order valence-electron chi connectivity index (χ1n) is 5.79. The van der Waals surface area contributed by atoms with E-state index in [-0.39, 0.29) is 25.5 Å². The number of rotatable bonds is 5. The summed E-state index contributed by atoms with van der Waals surface area (Å²) in [5, 5.41) is 11.2. The van der Waals surface area contributed by atoms with E-state index in [1.807, 2.05) is 0 Å². The number of alkyl halides is 3. The van der Waals surface area contributed by atoms with Crippen LogP contribution in [0.5, 0.6) is 0 Å². The summed E-state index contributed by atoms with van der Waals surface area (Å²) in [7, 11) is -3.82. The molecule has 1 unspecified atom stereocenters. The maximum Gasteiger partial charge on any atom is 0.389 e. The zero-order valence-corrected chi connectivity index (χ0v) is 11.3. The molecule has 0 aromatic rings. The molecule has 0 saturated carbocycles. The summed E-state index contributed by atoms with van der Waals surface area (Å²) in [5.41, 5.74) is 5.32. The van der Waals surface area contributed by atoms with Crippen molar-refractivity contribution in [2.75, 3.05) is 25.4 Å². The van der Waals surface area contributed by atoms with Crippen LogP contribution in [-0.4, -0.2) is 61.5 Å². The lowest BCUT2D eigenvalue weighted by atomic mass is 10.3. The van der Waals surface area contributed by atoms with E-state index >= 15 is 0 Å². The Morgan fingerprint density at radius 2 is 2.15 bits per heavy atom. The molecule has 0 bridgehead atoms. The summed E-state index contributed by atoms with van der Waals surface area (Å²) < 4.78 is 65.9. The second kappa shape index (κ2) is 6.59. The molecule has 1 saturated heterocycles. The number of hydrogen-bond acceptors (Lipinski definition) is 5. The number of sulfonamides is 1. The highest BCUT2D eigenvalue weighted by molar-refractivity contribution is 7.89. The van der Waals surface area contributed by atoms with Gasteiger partial charge in [-0.25, -0.2) is 8.42 Å². The number of nitrogens with zero attached hydrogens (tertiary/aromatic N) is 2. The second-order valence-electron chi connectivity index (χ2n) is 4.28. The van der Waals surface area contributed by atoms with E-state index < -0.39 is 40.9 Å². The third-order valence-corrected chi connectivity index (χ3v) is 4.65. The fraction of sp³-hybridized carbons (Fsp3) is 0.889. The predicted octanol–water partition coefficient (Wildman–Crippen LogP) is 0.106. The van der Waals surface area contributed by atoms with Gasteiger partial charge in [-0.1, -0.05) is 5.16 Å². The van der Waals surface area contributed by atoms with Crippen molar-refractivity contribution in [1.82, 2.24) is 4.31 Å². The van der Waals surface area contributed by atoms with Gasteiger partial charge in [0.2, 0.25) is 10.0 Å². The van der Waals surface area contributed by atoms with Crippen LogP contribution in [0.15, 0.2) is 5.16 Å². The molecule has 118 valence electrons. The zero-order chi connectivity index (χ0) is 15.4. The molecule has 0 aliphatic carbocycles. The first kappa shape index (κ1) is 17.0. The smallest absolute Gasteiger partial charge is 0.389 e. The summed E-state index contributed by atoms with van der Waals surface area (Å²) in [4.78, 5) is 0. The molecule has 1 atom stereocenters. The first-order valence-corrected chi connectivity index (χ1v) is 7.40. The Labute approximate surface area is 114 Å². The van der Waals surface area contributed by atoms with E-state index in [0.717, 1.165) is 4.31 Å². The Hall–Kier alpha value is -1.07. The minimum absolute atomic E-state index is 0.0272. The van der Waals surface area contributed by atoms with Gasteiger partial charge in [-0.05, 0) is 6.42 Å². The van der Waals surface area contributed by atoms with Gasteiger partial charge in [-0.15, -0.1) is 0 Å². The molecular formula is C9H16F3N3O4S. The molecule has 20 heavy (non-hydrogen) atoms. The van der Waals surface area contributed by atoms with Gasteiger partial charge in [-0.2, -0.15) is 17.5 Å². The van der Waals surface area contributed by atoms with Crippen molar-refractivity contribution in [2.24, 2.45) is 10.9 Å². The number of ether oxygens (including phenoxy) is 1. The monoisotopic (exact) mass is 319 g/mol. The van der Waals surface area contributed by atoms with E-state index in [0.29, 0.717) is 0 Å². The first-order chi connectivity index (χ1) is 9.15. The van der Waals surface area contributed by atoms with Gasteiger partial charge in [0.15, 0.2) is 5.84 Å². The van der Waals surface area contributed by atoms with Gasteiger partial charge >= 0.3 is 6.18 Å².